The van der Waals surface area contributed by atoms with Gasteiger partial charge < -0.3 is 10.6 Å². The van der Waals surface area contributed by atoms with E-state index >= 15 is 0 Å². The third kappa shape index (κ3) is 5.59. The van der Waals surface area contributed by atoms with Gasteiger partial charge in [0, 0.05) is 29.5 Å². The van der Waals surface area contributed by atoms with E-state index in [0.29, 0.717) is 17.7 Å². The lowest BCUT2D eigenvalue weighted by atomic mass is 9.87. The second-order valence-electron chi connectivity index (χ2n) is 7.68. The molecule has 1 aliphatic rings. The number of nitrogens with two attached hydrogens (primary N) is 1. The number of carbonyl (C=O) groups excluding carboxylic acids is 1. The van der Waals surface area contributed by atoms with Crippen LogP contribution in [0.3, 0.4) is 0 Å². The fourth-order valence-electron chi connectivity index (χ4n) is 3.69. The largest absolute Gasteiger partial charge is 0.342 e. The average molecular weight is 395 g/mol. The molecule has 0 spiro atoms. The Morgan fingerprint density at radius 3 is 2.50 bits per heavy atom. The smallest absolute Gasteiger partial charge is 0.226 e. The fraction of sp³-hybridized carbons (Fsp3) is 0.650. The van der Waals surface area contributed by atoms with E-state index in [-0.39, 0.29) is 12.0 Å². The average Bonchev–Trinajstić information content (AvgIpc) is 2.53. The van der Waals surface area contributed by atoms with E-state index in [1.165, 1.54) is 5.56 Å². The van der Waals surface area contributed by atoms with Crippen LogP contribution in [-0.4, -0.2) is 29.9 Å². The molecule has 1 aromatic carbocycles. The summed E-state index contributed by atoms with van der Waals surface area (Å²) in [5.41, 5.74) is 7.25. The van der Waals surface area contributed by atoms with Gasteiger partial charge in [0.15, 0.2) is 0 Å². The predicted octanol–water partition coefficient (Wildman–Crippen LogP) is 4.24. The zero-order valence-corrected chi connectivity index (χ0v) is 16.8. The maximum absolute atomic E-state index is 13.1. The molecule has 1 heterocycles. The Morgan fingerprint density at radius 2 is 1.96 bits per heavy atom. The van der Waals surface area contributed by atoms with E-state index in [1.54, 1.807) is 0 Å². The number of halogens is 1. The number of hydrogen-bond acceptors (Lipinski definition) is 2. The summed E-state index contributed by atoms with van der Waals surface area (Å²) in [5.74, 6) is 1.48. The van der Waals surface area contributed by atoms with E-state index < -0.39 is 0 Å². The van der Waals surface area contributed by atoms with E-state index in [4.69, 9.17) is 5.73 Å². The Labute approximate surface area is 155 Å². The Bertz CT molecular complexity index is 536. The van der Waals surface area contributed by atoms with Crippen LogP contribution < -0.4 is 5.73 Å². The molecule has 0 bridgehead atoms. The number of likely N-dealkylation sites (tertiary alicyclic amines) is 1. The highest BCUT2D eigenvalue weighted by Gasteiger charge is 2.29. The number of benzene rings is 1. The zero-order valence-electron chi connectivity index (χ0n) is 15.2. The molecule has 2 N–H and O–H groups in total. The second-order valence-corrected chi connectivity index (χ2v) is 8.60. The van der Waals surface area contributed by atoms with Crippen molar-refractivity contribution in [1.82, 2.24) is 4.90 Å². The zero-order chi connectivity index (χ0) is 17.7. The number of amides is 1. The summed E-state index contributed by atoms with van der Waals surface area (Å²) in [6, 6.07) is 8.55. The minimum absolute atomic E-state index is 0.0751. The summed E-state index contributed by atoms with van der Waals surface area (Å²) in [4.78, 5) is 15.2. The summed E-state index contributed by atoms with van der Waals surface area (Å²) in [7, 11) is 0. The van der Waals surface area contributed by atoms with Crippen LogP contribution in [-0.2, 0) is 11.2 Å². The molecule has 0 saturated carbocycles. The predicted molar refractivity (Wildman–Crippen MR) is 104 cm³/mol. The molecule has 2 rings (SSSR count). The summed E-state index contributed by atoms with van der Waals surface area (Å²) < 4.78 is 1.08. The highest BCUT2D eigenvalue weighted by Crippen LogP contribution is 2.25. The first kappa shape index (κ1) is 19.5. The molecule has 3 nitrogen and oxygen atoms in total. The number of piperidine rings is 1. The van der Waals surface area contributed by atoms with Gasteiger partial charge in [0.25, 0.3) is 0 Å². The van der Waals surface area contributed by atoms with Crippen LogP contribution in [0.15, 0.2) is 28.7 Å². The van der Waals surface area contributed by atoms with Crippen molar-refractivity contribution in [3.05, 3.63) is 34.3 Å². The Balaban J connectivity index is 2.03. The molecule has 2 unspecified atom stereocenters. The molecule has 1 aromatic rings. The van der Waals surface area contributed by atoms with Crippen LogP contribution in [0.2, 0.25) is 0 Å². The molecule has 2 atom stereocenters. The molecule has 24 heavy (non-hydrogen) atoms. The number of nitrogens with zero attached hydrogens (tertiary/aromatic N) is 1. The number of rotatable bonds is 6. The summed E-state index contributed by atoms with van der Waals surface area (Å²) >= 11 is 3.53. The summed E-state index contributed by atoms with van der Waals surface area (Å²) in [6.07, 6.45) is 3.84. The quantitative estimate of drug-likeness (QED) is 0.783. The molecule has 1 aliphatic heterocycles. The third-order valence-electron chi connectivity index (χ3n) is 5.07. The first-order chi connectivity index (χ1) is 11.4. The lowest BCUT2D eigenvalue weighted by Gasteiger charge is -2.36. The van der Waals surface area contributed by atoms with Gasteiger partial charge in [-0.25, -0.2) is 0 Å². The monoisotopic (exact) mass is 394 g/mol. The first-order valence-corrected chi connectivity index (χ1v) is 9.95. The van der Waals surface area contributed by atoms with Gasteiger partial charge in [-0.1, -0.05) is 41.9 Å². The Hall–Kier alpha value is -0.870. The normalized spacial score (nSPS) is 18.7. The van der Waals surface area contributed by atoms with Crippen molar-refractivity contribution in [1.29, 1.82) is 0 Å². The van der Waals surface area contributed by atoms with E-state index in [2.05, 4.69) is 53.7 Å². The van der Waals surface area contributed by atoms with Gasteiger partial charge in [-0.3, -0.25) is 4.79 Å². The molecular formula is C20H31BrN2O. The second kappa shape index (κ2) is 9.00. The van der Waals surface area contributed by atoms with Crippen LogP contribution in [0.5, 0.6) is 0 Å². The Kier molecular flexibility index (Phi) is 7.30. The highest BCUT2D eigenvalue weighted by molar-refractivity contribution is 9.10. The van der Waals surface area contributed by atoms with Crippen molar-refractivity contribution in [3.63, 3.8) is 0 Å². The molecule has 134 valence electrons. The third-order valence-corrected chi connectivity index (χ3v) is 5.56. The summed E-state index contributed by atoms with van der Waals surface area (Å²) in [6.45, 7) is 8.19. The van der Waals surface area contributed by atoms with Crippen molar-refractivity contribution in [2.24, 2.45) is 23.5 Å². The topological polar surface area (TPSA) is 46.3 Å². The lowest BCUT2D eigenvalue weighted by molar-refractivity contribution is -0.137. The first-order valence-electron chi connectivity index (χ1n) is 9.15. The standard InChI is InChI=1S/C20H31BrN2O/c1-14(2)11-18(12-16-5-4-6-19(21)13-16)20(24)23-9-7-17(8-10-23)15(3)22/h4-6,13-15,17-18H,7-12,22H2,1-3H3. The van der Waals surface area contributed by atoms with Gasteiger partial charge in [0.1, 0.15) is 0 Å². The fourth-order valence-corrected chi connectivity index (χ4v) is 4.14. The van der Waals surface area contributed by atoms with Gasteiger partial charge in [-0.2, -0.15) is 0 Å². The maximum Gasteiger partial charge on any atom is 0.226 e. The molecular weight excluding hydrogens is 364 g/mol. The molecule has 1 saturated heterocycles. The molecule has 0 aliphatic carbocycles. The van der Waals surface area contributed by atoms with Gasteiger partial charge in [0.05, 0.1) is 0 Å². The molecule has 0 aromatic heterocycles. The maximum atomic E-state index is 13.1. The van der Waals surface area contributed by atoms with Crippen LogP contribution in [0.4, 0.5) is 0 Å². The molecule has 0 radical (unpaired) electrons. The van der Waals surface area contributed by atoms with Crippen molar-refractivity contribution in [2.75, 3.05) is 13.1 Å². The SMILES string of the molecule is CC(C)CC(Cc1cccc(Br)c1)C(=O)N1CCC(C(C)N)CC1. The van der Waals surface area contributed by atoms with Crippen LogP contribution in [0.25, 0.3) is 0 Å². The minimum Gasteiger partial charge on any atom is -0.342 e. The van der Waals surface area contributed by atoms with E-state index in [1.807, 2.05) is 12.1 Å². The molecule has 1 fully saturated rings. The van der Waals surface area contributed by atoms with Gasteiger partial charge in [0.2, 0.25) is 5.91 Å². The van der Waals surface area contributed by atoms with E-state index in [9.17, 15) is 4.79 Å². The van der Waals surface area contributed by atoms with Crippen LogP contribution >= 0.6 is 15.9 Å². The number of carbonyl (C=O) groups is 1. The van der Waals surface area contributed by atoms with Crippen molar-refractivity contribution >= 4 is 21.8 Å². The number of hydrogen-bond donors (Lipinski definition) is 1. The van der Waals surface area contributed by atoms with Crippen LogP contribution in [0.1, 0.15) is 45.6 Å². The van der Waals surface area contributed by atoms with Crippen LogP contribution in [0, 0.1) is 17.8 Å². The highest BCUT2D eigenvalue weighted by atomic mass is 79.9. The van der Waals surface area contributed by atoms with Crippen molar-refractivity contribution in [2.45, 2.75) is 52.5 Å². The van der Waals surface area contributed by atoms with Gasteiger partial charge >= 0.3 is 0 Å². The van der Waals surface area contributed by atoms with Gasteiger partial charge in [-0.05, 0) is 62.1 Å². The lowest BCUT2D eigenvalue weighted by Crippen LogP contribution is -2.45. The van der Waals surface area contributed by atoms with Crippen molar-refractivity contribution < 1.29 is 4.79 Å². The van der Waals surface area contributed by atoms with Gasteiger partial charge in [-0.15, -0.1) is 0 Å². The molecule has 1 amide bonds. The molecule has 4 heteroatoms. The Morgan fingerprint density at radius 1 is 1.29 bits per heavy atom. The minimum atomic E-state index is 0.0751. The van der Waals surface area contributed by atoms with E-state index in [0.717, 1.165) is 43.2 Å². The van der Waals surface area contributed by atoms with Crippen molar-refractivity contribution in [3.8, 4) is 0 Å². The summed E-state index contributed by atoms with van der Waals surface area (Å²) in [5, 5.41) is 0.